The molecule has 3 N–H and O–H groups in total. The van der Waals surface area contributed by atoms with Crippen LogP contribution in [0.25, 0.3) is 6.08 Å². The molecule has 48 heavy (non-hydrogen) atoms. The van der Waals surface area contributed by atoms with Crippen LogP contribution in [0.2, 0.25) is 5.02 Å². The largest absolute Gasteiger partial charge is 0.496 e. The molecule has 0 saturated heterocycles. The number of nitrogens with one attached hydrogen (secondary N) is 3. The Morgan fingerprint density at radius 1 is 0.812 bits per heavy atom. The number of halogens is 4. The molecule has 0 saturated carbocycles. The predicted octanol–water partition coefficient (Wildman–Crippen LogP) is 7.53. The molecule has 0 unspecified atom stereocenters. The van der Waals surface area contributed by atoms with Gasteiger partial charge in [0.05, 0.1) is 43.4 Å². The zero-order valence-corrected chi connectivity index (χ0v) is 27.3. The zero-order chi connectivity index (χ0) is 34.8. The molecule has 4 rings (SSSR count). The van der Waals surface area contributed by atoms with Crippen molar-refractivity contribution in [3.05, 3.63) is 112 Å². The first-order valence-corrected chi connectivity index (χ1v) is 15.4. The van der Waals surface area contributed by atoms with Crippen LogP contribution in [0.3, 0.4) is 0 Å². The van der Waals surface area contributed by atoms with Crippen LogP contribution in [0.4, 0.5) is 24.5 Å². The summed E-state index contributed by atoms with van der Waals surface area (Å²) in [6, 6.07) is 20.7. The molecule has 0 radical (unpaired) electrons. The van der Waals surface area contributed by atoms with Crippen LogP contribution in [0.1, 0.15) is 21.5 Å². The SMILES string of the molecule is COc1cc(OC)c(OC)cc1/C=C(\NC(=O)c1ccccc1)C(=O)Nc1ccc(SCC(=O)Nc2cc(C(F)(F)F)ccc2Cl)cc1. The first-order chi connectivity index (χ1) is 22.9. The number of hydrogen-bond donors (Lipinski definition) is 3. The Labute approximate surface area is 283 Å². The summed E-state index contributed by atoms with van der Waals surface area (Å²) in [6.45, 7) is 0. The van der Waals surface area contributed by atoms with Gasteiger partial charge in [-0.1, -0.05) is 29.8 Å². The molecule has 0 fully saturated rings. The number of hydrogen-bond acceptors (Lipinski definition) is 7. The van der Waals surface area contributed by atoms with Crippen molar-refractivity contribution in [2.24, 2.45) is 0 Å². The molecule has 0 aliphatic carbocycles. The second-order valence-electron chi connectivity index (χ2n) is 9.84. The predicted molar refractivity (Wildman–Crippen MR) is 179 cm³/mol. The number of alkyl halides is 3. The number of rotatable bonds is 12. The fourth-order valence-electron chi connectivity index (χ4n) is 4.23. The van der Waals surface area contributed by atoms with E-state index in [1.807, 2.05) is 0 Å². The quantitative estimate of drug-likeness (QED) is 0.104. The van der Waals surface area contributed by atoms with Crippen molar-refractivity contribution in [3.63, 3.8) is 0 Å². The van der Waals surface area contributed by atoms with Crippen molar-refractivity contribution in [1.29, 1.82) is 0 Å². The van der Waals surface area contributed by atoms with Crippen LogP contribution >= 0.6 is 23.4 Å². The molecule has 0 aromatic heterocycles. The van der Waals surface area contributed by atoms with Gasteiger partial charge >= 0.3 is 6.18 Å². The molecule has 0 atom stereocenters. The highest BCUT2D eigenvalue weighted by atomic mass is 35.5. The van der Waals surface area contributed by atoms with E-state index in [1.54, 1.807) is 66.7 Å². The van der Waals surface area contributed by atoms with E-state index in [0.717, 1.165) is 30.0 Å². The second kappa shape index (κ2) is 16.1. The summed E-state index contributed by atoms with van der Waals surface area (Å²) in [4.78, 5) is 39.7. The fourth-order valence-corrected chi connectivity index (χ4v) is 5.09. The summed E-state index contributed by atoms with van der Waals surface area (Å²) in [6.07, 6.45) is -3.15. The van der Waals surface area contributed by atoms with Gasteiger partial charge in [-0.2, -0.15) is 13.2 Å². The fraction of sp³-hybridized carbons (Fsp3) is 0.147. The zero-order valence-electron chi connectivity index (χ0n) is 25.7. The molecule has 4 aromatic carbocycles. The number of methoxy groups -OCH3 is 3. The maximum atomic E-state index is 13.5. The third-order valence-electron chi connectivity index (χ3n) is 6.61. The summed E-state index contributed by atoms with van der Waals surface area (Å²) in [5.41, 5.74) is -0.0557. The number of ether oxygens (including phenoxy) is 3. The molecule has 14 heteroatoms. The lowest BCUT2D eigenvalue weighted by atomic mass is 10.1. The smallest absolute Gasteiger partial charge is 0.416 e. The summed E-state index contributed by atoms with van der Waals surface area (Å²) < 4.78 is 55.4. The van der Waals surface area contributed by atoms with Crippen molar-refractivity contribution in [3.8, 4) is 17.2 Å². The van der Waals surface area contributed by atoms with Crippen molar-refractivity contribution in [2.75, 3.05) is 37.7 Å². The summed E-state index contributed by atoms with van der Waals surface area (Å²) in [5.74, 6) is -0.717. The number of anilines is 2. The number of thioether (sulfide) groups is 1. The van der Waals surface area contributed by atoms with Crippen LogP contribution in [-0.4, -0.2) is 44.8 Å². The Kier molecular flexibility index (Phi) is 12.0. The molecular formula is C34H29ClF3N3O6S. The van der Waals surface area contributed by atoms with Crippen molar-refractivity contribution >= 4 is 58.5 Å². The number of benzene rings is 4. The van der Waals surface area contributed by atoms with E-state index in [4.69, 9.17) is 25.8 Å². The van der Waals surface area contributed by atoms with Crippen molar-refractivity contribution in [2.45, 2.75) is 11.1 Å². The number of amides is 3. The van der Waals surface area contributed by atoms with Gasteiger partial charge in [-0.25, -0.2) is 0 Å². The van der Waals surface area contributed by atoms with E-state index in [9.17, 15) is 27.6 Å². The van der Waals surface area contributed by atoms with E-state index >= 15 is 0 Å². The van der Waals surface area contributed by atoms with E-state index in [2.05, 4.69) is 16.0 Å². The minimum absolute atomic E-state index is 0.0283. The molecule has 0 bridgehead atoms. The van der Waals surface area contributed by atoms with Gasteiger partial charge in [-0.05, 0) is 66.7 Å². The van der Waals surface area contributed by atoms with Crippen molar-refractivity contribution < 1.29 is 41.8 Å². The molecule has 4 aromatic rings. The van der Waals surface area contributed by atoms with Crippen LogP contribution < -0.4 is 30.2 Å². The average Bonchev–Trinajstić information content (AvgIpc) is 3.08. The van der Waals surface area contributed by atoms with E-state index in [-0.39, 0.29) is 22.2 Å². The van der Waals surface area contributed by atoms with Gasteiger partial charge in [-0.15, -0.1) is 11.8 Å². The first kappa shape index (κ1) is 35.7. The maximum Gasteiger partial charge on any atom is 0.416 e. The maximum absolute atomic E-state index is 13.5. The molecule has 0 aliphatic rings. The highest BCUT2D eigenvalue weighted by Crippen LogP contribution is 2.36. The molecule has 3 amide bonds. The van der Waals surface area contributed by atoms with Gasteiger partial charge in [-0.3, -0.25) is 14.4 Å². The minimum Gasteiger partial charge on any atom is -0.496 e. The van der Waals surface area contributed by atoms with Crippen LogP contribution in [0, 0.1) is 0 Å². The molecule has 0 heterocycles. The Hall–Kier alpha value is -5.14. The summed E-state index contributed by atoms with van der Waals surface area (Å²) in [5, 5.41) is 7.77. The Bertz CT molecular complexity index is 1820. The normalized spacial score (nSPS) is 11.4. The Morgan fingerprint density at radius 3 is 2.08 bits per heavy atom. The van der Waals surface area contributed by atoms with E-state index in [1.165, 1.54) is 27.4 Å². The van der Waals surface area contributed by atoms with Gasteiger partial charge in [0.15, 0.2) is 11.5 Å². The van der Waals surface area contributed by atoms with Gasteiger partial charge < -0.3 is 30.2 Å². The number of carbonyl (C=O) groups excluding carboxylic acids is 3. The Morgan fingerprint density at radius 2 is 1.46 bits per heavy atom. The first-order valence-electron chi connectivity index (χ1n) is 14.0. The van der Waals surface area contributed by atoms with Crippen molar-refractivity contribution in [1.82, 2.24) is 5.32 Å². The third-order valence-corrected chi connectivity index (χ3v) is 7.96. The van der Waals surface area contributed by atoms with Crippen LogP contribution in [0.15, 0.2) is 95.5 Å². The molecular weight excluding hydrogens is 671 g/mol. The summed E-state index contributed by atoms with van der Waals surface area (Å²) >= 11 is 7.09. The van der Waals surface area contributed by atoms with Crippen LogP contribution in [-0.2, 0) is 15.8 Å². The summed E-state index contributed by atoms with van der Waals surface area (Å²) in [7, 11) is 4.38. The minimum atomic E-state index is -4.59. The lowest BCUT2D eigenvalue weighted by Gasteiger charge is -2.15. The standard InChI is InChI=1S/C34H29ClF3N3O6S/c1-45-28-18-30(47-3)29(46-2)16-21(28)15-27(41-32(43)20-7-5-4-6-8-20)33(44)39-23-10-12-24(13-11-23)48-19-31(42)40-26-17-22(34(36,37)38)9-14-25(26)35/h4-18H,19H2,1-3H3,(H,39,44)(H,40,42)(H,41,43)/b27-15-. The van der Waals surface area contributed by atoms with Gasteiger partial charge in [0.1, 0.15) is 11.4 Å². The molecule has 0 spiro atoms. The number of carbonyl (C=O) groups is 3. The van der Waals surface area contributed by atoms with E-state index < -0.39 is 29.5 Å². The molecule has 9 nitrogen and oxygen atoms in total. The van der Waals surface area contributed by atoms with E-state index in [0.29, 0.717) is 39.0 Å². The lowest BCUT2D eigenvalue weighted by Crippen LogP contribution is -2.30. The molecule has 250 valence electrons. The van der Waals surface area contributed by atoms with Gasteiger partial charge in [0, 0.05) is 27.8 Å². The molecule has 0 aliphatic heterocycles. The van der Waals surface area contributed by atoms with Gasteiger partial charge in [0.2, 0.25) is 5.91 Å². The van der Waals surface area contributed by atoms with Gasteiger partial charge in [0.25, 0.3) is 11.8 Å². The second-order valence-corrected chi connectivity index (χ2v) is 11.3. The topological polar surface area (TPSA) is 115 Å². The lowest BCUT2D eigenvalue weighted by molar-refractivity contribution is -0.137. The average molecular weight is 700 g/mol. The third kappa shape index (κ3) is 9.46. The highest BCUT2D eigenvalue weighted by Gasteiger charge is 2.31. The Balaban J connectivity index is 1.49. The highest BCUT2D eigenvalue weighted by molar-refractivity contribution is 8.00. The van der Waals surface area contributed by atoms with Crippen LogP contribution in [0.5, 0.6) is 17.2 Å². The monoisotopic (exact) mass is 699 g/mol.